The molecule has 0 saturated carbocycles. The predicted octanol–water partition coefficient (Wildman–Crippen LogP) is 5.24. The third-order valence-electron chi connectivity index (χ3n) is 4.49. The SMILES string of the molecule is Cc1nc(SCC(=O)Nc2ccccc2C(F)(F)F)c2c3c(sc2n1)CCC3. The fourth-order valence-corrected chi connectivity index (χ4v) is 5.60. The Morgan fingerprint density at radius 2 is 2.04 bits per heavy atom. The van der Waals surface area contributed by atoms with Crippen molar-refractivity contribution in [1.82, 2.24) is 9.97 Å². The van der Waals surface area contributed by atoms with Gasteiger partial charge in [-0.1, -0.05) is 23.9 Å². The van der Waals surface area contributed by atoms with Gasteiger partial charge in [-0.25, -0.2) is 9.97 Å². The molecular formula is C19H16F3N3OS2. The zero-order valence-corrected chi connectivity index (χ0v) is 16.5. The first-order chi connectivity index (χ1) is 13.3. The van der Waals surface area contributed by atoms with Crippen LogP contribution in [0.1, 0.15) is 28.2 Å². The first-order valence-electron chi connectivity index (χ1n) is 8.70. The Morgan fingerprint density at radius 1 is 1.25 bits per heavy atom. The molecule has 0 fully saturated rings. The monoisotopic (exact) mass is 423 g/mol. The minimum absolute atomic E-state index is 0.0254. The Hall–Kier alpha value is -2.13. The van der Waals surface area contributed by atoms with E-state index in [0.29, 0.717) is 5.82 Å². The topological polar surface area (TPSA) is 54.9 Å². The van der Waals surface area contributed by atoms with Crippen molar-refractivity contribution in [2.45, 2.75) is 37.4 Å². The number of fused-ring (bicyclic) bond motifs is 3. The largest absolute Gasteiger partial charge is 0.418 e. The van der Waals surface area contributed by atoms with Crippen molar-refractivity contribution >= 4 is 44.9 Å². The summed E-state index contributed by atoms with van der Waals surface area (Å²) in [6.45, 7) is 1.80. The fourth-order valence-electron chi connectivity index (χ4n) is 3.33. The lowest BCUT2D eigenvalue weighted by molar-refractivity contribution is -0.137. The van der Waals surface area contributed by atoms with Gasteiger partial charge in [-0.3, -0.25) is 4.79 Å². The summed E-state index contributed by atoms with van der Waals surface area (Å²) in [4.78, 5) is 23.5. The number of hydrogen-bond donors (Lipinski definition) is 1. The number of amides is 1. The number of halogens is 3. The van der Waals surface area contributed by atoms with Crippen LogP contribution < -0.4 is 5.32 Å². The third kappa shape index (κ3) is 3.73. The first kappa shape index (κ1) is 19.2. The van der Waals surface area contributed by atoms with Gasteiger partial charge < -0.3 is 5.32 Å². The van der Waals surface area contributed by atoms with Crippen LogP contribution in [0.15, 0.2) is 29.3 Å². The number of rotatable bonds is 4. The van der Waals surface area contributed by atoms with E-state index in [1.54, 1.807) is 18.3 Å². The molecule has 146 valence electrons. The van der Waals surface area contributed by atoms with Gasteiger partial charge in [0.2, 0.25) is 5.91 Å². The van der Waals surface area contributed by atoms with Gasteiger partial charge in [0.15, 0.2) is 0 Å². The van der Waals surface area contributed by atoms with E-state index in [1.807, 2.05) is 0 Å². The van der Waals surface area contributed by atoms with E-state index in [-0.39, 0.29) is 11.4 Å². The highest BCUT2D eigenvalue weighted by molar-refractivity contribution is 8.00. The molecule has 0 unspecified atom stereocenters. The summed E-state index contributed by atoms with van der Waals surface area (Å²) in [5, 5.41) is 4.10. The number of nitrogens with one attached hydrogen (secondary N) is 1. The number of aryl methyl sites for hydroxylation is 3. The Bertz CT molecular complexity index is 1060. The van der Waals surface area contributed by atoms with Gasteiger partial charge >= 0.3 is 6.18 Å². The summed E-state index contributed by atoms with van der Waals surface area (Å²) in [6.07, 6.45) is -1.41. The van der Waals surface area contributed by atoms with E-state index in [1.165, 1.54) is 40.4 Å². The van der Waals surface area contributed by atoms with E-state index < -0.39 is 17.6 Å². The highest BCUT2D eigenvalue weighted by atomic mass is 32.2. The van der Waals surface area contributed by atoms with Crippen LogP contribution in [0.4, 0.5) is 18.9 Å². The lowest BCUT2D eigenvalue weighted by atomic mass is 10.1. The molecule has 1 N–H and O–H groups in total. The molecule has 2 aromatic heterocycles. The second kappa shape index (κ2) is 7.36. The molecule has 3 aromatic rings. The molecule has 1 aromatic carbocycles. The van der Waals surface area contributed by atoms with Crippen LogP contribution in [0.25, 0.3) is 10.2 Å². The molecule has 4 nitrogen and oxygen atoms in total. The highest BCUT2D eigenvalue weighted by Gasteiger charge is 2.33. The van der Waals surface area contributed by atoms with Crippen LogP contribution in [-0.2, 0) is 23.8 Å². The molecular weight excluding hydrogens is 407 g/mol. The molecule has 0 bridgehead atoms. The lowest BCUT2D eigenvalue weighted by Crippen LogP contribution is -2.18. The van der Waals surface area contributed by atoms with Gasteiger partial charge in [0.25, 0.3) is 0 Å². The van der Waals surface area contributed by atoms with Crippen LogP contribution in [0, 0.1) is 6.92 Å². The number of hydrogen-bond acceptors (Lipinski definition) is 5. The van der Waals surface area contributed by atoms with Crippen LogP contribution in [-0.4, -0.2) is 21.6 Å². The lowest BCUT2D eigenvalue weighted by Gasteiger charge is -2.13. The zero-order valence-electron chi connectivity index (χ0n) is 14.9. The van der Waals surface area contributed by atoms with E-state index in [2.05, 4.69) is 15.3 Å². The molecule has 0 radical (unpaired) electrons. The maximum Gasteiger partial charge on any atom is 0.418 e. The number of nitrogens with zero attached hydrogens (tertiary/aromatic N) is 2. The van der Waals surface area contributed by atoms with E-state index >= 15 is 0 Å². The normalized spacial score (nSPS) is 13.7. The number of carbonyl (C=O) groups is 1. The minimum atomic E-state index is -4.52. The van der Waals surface area contributed by atoms with Crippen molar-refractivity contribution < 1.29 is 18.0 Å². The van der Waals surface area contributed by atoms with Crippen LogP contribution in [0.5, 0.6) is 0 Å². The molecule has 28 heavy (non-hydrogen) atoms. The van der Waals surface area contributed by atoms with Crippen LogP contribution >= 0.6 is 23.1 Å². The third-order valence-corrected chi connectivity index (χ3v) is 6.65. The molecule has 0 saturated heterocycles. The average Bonchev–Trinajstić information content (AvgIpc) is 3.19. The Balaban J connectivity index is 1.54. The van der Waals surface area contributed by atoms with Crippen LogP contribution in [0.3, 0.4) is 0 Å². The Labute approximate surface area is 167 Å². The summed E-state index contributed by atoms with van der Waals surface area (Å²) < 4.78 is 39.3. The van der Waals surface area contributed by atoms with Crippen molar-refractivity contribution in [3.63, 3.8) is 0 Å². The van der Waals surface area contributed by atoms with Gasteiger partial charge in [0, 0.05) is 10.3 Å². The summed E-state index contributed by atoms with van der Waals surface area (Å²) in [5.41, 5.74) is 0.163. The van der Waals surface area contributed by atoms with Gasteiger partial charge in [0.05, 0.1) is 17.0 Å². The molecule has 1 amide bonds. The molecule has 2 heterocycles. The number of carbonyl (C=O) groups excluding carboxylic acids is 1. The summed E-state index contributed by atoms with van der Waals surface area (Å²) in [7, 11) is 0. The number of para-hydroxylation sites is 1. The van der Waals surface area contributed by atoms with E-state index in [9.17, 15) is 18.0 Å². The summed E-state index contributed by atoms with van der Waals surface area (Å²) >= 11 is 2.90. The standard InChI is InChI=1S/C19H16F3N3OS2/c1-10-23-17(16-11-5-4-8-14(11)28-18(16)24-10)27-9-15(26)25-13-7-3-2-6-12(13)19(20,21)22/h2-3,6-7H,4-5,8-9H2,1H3,(H,25,26). The molecule has 1 aliphatic rings. The van der Waals surface area contributed by atoms with Crippen molar-refractivity contribution in [3.05, 3.63) is 46.1 Å². The maximum atomic E-state index is 13.1. The molecule has 0 spiro atoms. The summed E-state index contributed by atoms with van der Waals surface area (Å²) in [6, 6.07) is 4.97. The quantitative estimate of drug-likeness (QED) is 0.461. The molecule has 0 aliphatic heterocycles. The molecule has 1 aliphatic carbocycles. The number of alkyl halides is 3. The van der Waals surface area contributed by atoms with Crippen molar-refractivity contribution in [1.29, 1.82) is 0 Å². The van der Waals surface area contributed by atoms with Gasteiger partial charge in [-0.05, 0) is 43.9 Å². The minimum Gasteiger partial charge on any atom is -0.325 e. The van der Waals surface area contributed by atoms with E-state index in [0.717, 1.165) is 40.6 Å². The zero-order chi connectivity index (χ0) is 19.9. The number of thiophene rings is 1. The highest BCUT2D eigenvalue weighted by Crippen LogP contribution is 2.40. The summed E-state index contributed by atoms with van der Waals surface area (Å²) in [5.74, 6) is 0.0956. The van der Waals surface area contributed by atoms with Gasteiger partial charge in [0.1, 0.15) is 15.7 Å². The Kier molecular flexibility index (Phi) is 5.05. The van der Waals surface area contributed by atoms with Crippen molar-refractivity contribution in [3.8, 4) is 0 Å². The van der Waals surface area contributed by atoms with Crippen molar-refractivity contribution in [2.75, 3.05) is 11.1 Å². The van der Waals surface area contributed by atoms with Gasteiger partial charge in [-0.2, -0.15) is 13.2 Å². The molecule has 0 atom stereocenters. The maximum absolute atomic E-state index is 13.1. The van der Waals surface area contributed by atoms with Crippen molar-refractivity contribution in [2.24, 2.45) is 0 Å². The Morgan fingerprint density at radius 3 is 2.82 bits per heavy atom. The average molecular weight is 423 g/mol. The molecule has 4 rings (SSSR count). The number of thioether (sulfide) groups is 1. The van der Waals surface area contributed by atoms with Crippen LogP contribution in [0.2, 0.25) is 0 Å². The smallest absolute Gasteiger partial charge is 0.325 e. The number of benzene rings is 1. The fraction of sp³-hybridized carbons (Fsp3) is 0.316. The molecule has 9 heteroatoms. The second-order valence-corrected chi connectivity index (χ2v) is 8.54. The number of aromatic nitrogens is 2. The predicted molar refractivity (Wildman–Crippen MR) is 105 cm³/mol. The van der Waals surface area contributed by atoms with Gasteiger partial charge in [-0.15, -0.1) is 11.3 Å². The van der Waals surface area contributed by atoms with E-state index in [4.69, 9.17) is 0 Å². The number of anilines is 1. The second-order valence-electron chi connectivity index (χ2n) is 6.49. The first-order valence-corrected chi connectivity index (χ1v) is 10.5.